The van der Waals surface area contributed by atoms with E-state index < -0.39 is 20.7 Å². The van der Waals surface area contributed by atoms with Crippen LogP contribution in [-0.2, 0) is 22.9 Å². The summed E-state index contributed by atoms with van der Waals surface area (Å²) < 4.78 is 15.3. The van der Waals surface area contributed by atoms with Gasteiger partial charge in [0, 0.05) is 20.5 Å². The van der Waals surface area contributed by atoms with E-state index in [1.165, 1.54) is 19.9 Å². The van der Waals surface area contributed by atoms with Crippen LogP contribution in [0.3, 0.4) is 0 Å². The maximum absolute atomic E-state index is 10.9. The van der Waals surface area contributed by atoms with Gasteiger partial charge in [0.05, 0.1) is 6.04 Å². The SMILES string of the molecule is C=CC[Si](OCC)(OC(C)=O)OC(C)=O. The van der Waals surface area contributed by atoms with Gasteiger partial charge in [-0.05, 0) is 6.92 Å². The number of allylic oxidation sites excluding steroid dienone is 1. The lowest BCUT2D eigenvalue weighted by molar-refractivity contribution is -0.142. The van der Waals surface area contributed by atoms with Crippen molar-refractivity contribution in [1.82, 2.24) is 0 Å². The number of rotatable bonds is 6. The molecule has 86 valence electrons. The van der Waals surface area contributed by atoms with Crippen molar-refractivity contribution < 1.29 is 22.9 Å². The molecule has 0 saturated heterocycles. The highest BCUT2D eigenvalue weighted by Crippen LogP contribution is 2.16. The first-order chi connectivity index (χ1) is 6.95. The van der Waals surface area contributed by atoms with Crippen LogP contribution < -0.4 is 0 Å². The summed E-state index contributed by atoms with van der Waals surface area (Å²) in [5, 5.41) is 0. The molecule has 0 aromatic heterocycles. The Bertz CT molecular complexity index is 235. The highest BCUT2D eigenvalue weighted by Gasteiger charge is 2.46. The molecule has 0 amide bonds. The van der Waals surface area contributed by atoms with Crippen LogP contribution >= 0.6 is 0 Å². The molecule has 0 aromatic carbocycles. The van der Waals surface area contributed by atoms with Gasteiger partial charge in [-0.25, -0.2) is 0 Å². The molecule has 15 heavy (non-hydrogen) atoms. The van der Waals surface area contributed by atoms with Crippen LogP contribution in [0.15, 0.2) is 12.7 Å². The van der Waals surface area contributed by atoms with Gasteiger partial charge in [-0.3, -0.25) is 9.59 Å². The monoisotopic (exact) mass is 232 g/mol. The Kier molecular flexibility index (Phi) is 5.88. The molecule has 0 aliphatic heterocycles. The van der Waals surface area contributed by atoms with Crippen LogP contribution in [0, 0.1) is 0 Å². The second-order valence-corrected chi connectivity index (χ2v) is 5.27. The lowest BCUT2D eigenvalue weighted by Gasteiger charge is -2.25. The second kappa shape index (κ2) is 6.36. The summed E-state index contributed by atoms with van der Waals surface area (Å²) in [6.07, 6.45) is 1.51. The van der Waals surface area contributed by atoms with Crippen molar-refractivity contribution in [3.8, 4) is 0 Å². The number of carbonyl (C=O) groups is 2. The number of carbonyl (C=O) groups excluding carboxylic acids is 2. The summed E-state index contributed by atoms with van der Waals surface area (Å²) in [4.78, 5) is 21.8. The van der Waals surface area contributed by atoms with Crippen molar-refractivity contribution in [1.29, 1.82) is 0 Å². The quantitative estimate of drug-likeness (QED) is 0.510. The summed E-state index contributed by atoms with van der Waals surface area (Å²) in [6, 6.07) is 0.222. The minimum absolute atomic E-state index is 0.222. The van der Waals surface area contributed by atoms with Crippen molar-refractivity contribution in [3.63, 3.8) is 0 Å². The Balaban J connectivity index is 4.77. The molecule has 0 saturated carbocycles. The van der Waals surface area contributed by atoms with E-state index in [1.54, 1.807) is 6.92 Å². The molecular weight excluding hydrogens is 216 g/mol. The normalized spacial score (nSPS) is 10.6. The van der Waals surface area contributed by atoms with Gasteiger partial charge in [-0.1, -0.05) is 6.08 Å². The predicted molar refractivity (Wildman–Crippen MR) is 55.9 cm³/mol. The van der Waals surface area contributed by atoms with Crippen LogP contribution in [0.4, 0.5) is 0 Å². The van der Waals surface area contributed by atoms with E-state index in [9.17, 15) is 9.59 Å². The zero-order valence-electron chi connectivity index (χ0n) is 9.24. The third-order valence-corrected chi connectivity index (χ3v) is 4.07. The van der Waals surface area contributed by atoms with Crippen LogP contribution in [-0.4, -0.2) is 27.3 Å². The van der Waals surface area contributed by atoms with Gasteiger partial charge in [-0.2, -0.15) is 0 Å². The summed E-state index contributed by atoms with van der Waals surface area (Å²) in [7, 11) is -3.24. The Hall–Kier alpha value is -1.14. The van der Waals surface area contributed by atoms with E-state index >= 15 is 0 Å². The van der Waals surface area contributed by atoms with E-state index in [0.29, 0.717) is 6.61 Å². The molecule has 0 radical (unpaired) electrons. The molecule has 0 heterocycles. The van der Waals surface area contributed by atoms with Crippen molar-refractivity contribution in [2.24, 2.45) is 0 Å². The van der Waals surface area contributed by atoms with Crippen LogP contribution in [0.2, 0.25) is 6.04 Å². The van der Waals surface area contributed by atoms with E-state index in [1.807, 2.05) is 0 Å². The summed E-state index contributed by atoms with van der Waals surface area (Å²) in [5.41, 5.74) is 0. The van der Waals surface area contributed by atoms with Crippen molar-refractivity contribution in [3.05, 3.63) is 12.7 Å². The van der Waals surface area contributed by atoms with Gasteiger partial charge < -0.3 is 13.3 Å². The topological polar surface area (TPSA) is 61.8 Å². The molecular formula is C9H16O5Si. The number of hydrogen-bond acceptors (Lipinski definition) is 5. The molecule has 5 nitrogen and oxygen atoms in total. The van der Waals surface area contributed by atoms with E-state index in [4.69, 9.17) is 13.3 Å². The lowest BCUT2D eigenvalue weighted by atomic mass is 10.8. The predicted octanol–water partition coefficient (Wildman–Crippen LogP) is 1.27. The van der Waals surface area contributed by atoms with Crippen molar-refractivity contribution in [2.75, 3.05) is 6.61 Å². The van der Waals surface area contributed by atoms with Gasteiger partial charge in [0.1, 0.15) is 0 Å². The first-order valence-corrected chi connectivity index (χ1v) is 6.53. The highest BCUT2D eigenvalue weighted by atomic mass is 28.4. The van der Waals surface area contributed by atoms with E-state index in [0.717, 1.165) is 0 Å². The van der Waals surface area contributed by atoms with Crippen LogP contribution in [0.25, 0.3) is 0 Å². The third-order valence-electron chi connectivity index (χ3n) is 1.36. The Morgan fingerprint density at radius 1 is 1.27 bits per heavy atom. The standard InChI is InChI=1S/C9H16O5Si/c1-5-7-15(12-6-2,13-8(3)10)14-9(4)11/h5H,1,6-7H2,2-4H3. The third kappa shape index (κ3) is 5.33. The van der Waals surface area contributed by atoms with Gasteiger partial charge in [-0.15, -0.1) is 6.58 Å². The molecule has 0 unspecified atom stereocenters. The average Bonchev–Trinajstić information content (AvgIpc) is 2.01. The molecule has 0 rings (SSSR count). The maximum atomic E-state index is 10.9. The molecule has 0 spiro atoms. The molecule has 0 aliphatic rings. The Labute approximate surface area is 90.4 Å². The molecule has 0 aliphatic carbocycles. The summed E-state index contributed by atoms with van der Waals surface area (Å²) in [5.74, 6) is -1.06. The van der Waals surface area contributed by atoms with Gasteiger partial charge in [0.25, 0.3) is 11.9 Å². The Morgan fingerprint density at radius 3 is 2.00 bits per heavy atom. The minimum atomic E-state index is -3.24. The molecule has 0 atom stereocenters. The first-order valence-electron chi connectivity index (χ1n) is 4.59. The zero-order valence-corrected chi connectivity index (χ0v) is 10.2. The minimum Gasteiger partial charge on any atom is -0.464 e. The lowest BCUT2D eigenvalue weighted by Crippen LogP contribution is -2.47. The largest absolute Gasteiger partial charge is 0.639 e. The summed E-state index contributed by atoms with van der Waals surface area (Å²) >= 11 is 0. The first kappa shape index (κ1) is 13.9. The van der Waals surface area contributed by atoms with Crippen LogP contribution in [0.5, 0.6) is 0 Å². The van der Waals surface area contributed by atoms with Crippen molar-refractivity contribution in [2.45, 2.75) is 26.8 Å². The van der Waals surface area contributed by atoms with Crippen LogP contribution in [0.1, 0.15) is 20.8 Å². The van der Waals surface area contributed by atoms with Gasteiger partial charge in [0.15, 0.2) is 0 Å². The molecule has 0 aromatic rings. The zero-order chi connectivity index (χ0) is 11.9. The summed E-state index contributed by atoms with van der Waals surface area (Å²) in [6.45, 7) is 8.04. The second-order valence-electron chi connectivity index (χ2n) is 2.80. The average molecular weight is 232 g/mol. The molecule has 0 N–H and O–H groups in total. The van der Waals surface area contributed by atoms with E-state index in [-0.39, 0.29) is 6.04 Å². The fraction of sp³-hybridized carbons (Fsp3) is 0.556. The number of hydrogen-bond donors (Lipinski definition) is 0. The maximum Gasteiger partial charge on any atom is 0.639 e. The van der Waals surface area contributed by atoms with Gasteiger partial charge in [0.2, 0.25) is 0 Å². The fourth-order valence-electron chi connectivity index (χ4n) is 1.06. The van der Waals surface area contributed by atoms with Crippen molar-refractivity contribution >= 4 is 20.7 Å². The molecule has 0 bridgehead atoms. The Morgan fingerprint density at radius 2 is 1.73 bits per heavy atom. The smallest absolute Gasteiger partial charge is 0.464 e. The fourth-order valence-corrected chi connectivity index (χ4v) is 3.17. The highest BCUT2D eigenvalue weighted by molar-refractivity contribution is 6.64. The molecule has 6 heteroatoms. The van der Waals surface area contributed by atoms with Gasteiger partial charge >= 0.3 is 8.80 Å². The molecule has 0 fully saturated rings. The van der Waals surface area contributed by atoms with E-state index in [2.05, 4.69) is 6.58 Å².